The summed E-state index contributed by atoms with van der Waals surface area (Å²) in [7, 11) is 0. The van der Waals surface area contributed by atoms with Gasteiger partial charge in [-0.3, -0.25) is 0 Å². The maximum atomic E-state index is 13.0. The van der Waals surface area contributed by atoms with E-state index in [2.05, 4.69) is 84.8 Å². The third-order valence-electron chi connectivity index (χ3n) is 6.73. The van der Waals surface area contributed by atoms with Crippen LogP contribution in [0.3, 0.4) is 0 Å². The average Bonchev–Trinajstić information content (AvgIpc) is 3.32. The minimum absolute atomic E-state index is 0. The molecule has 1 radical (unpaired) electrons. The van der Waals surface area contributed by atoms with Gasteiger partial charge in [0, 0.05) is 24.8 Å². The molecule has 0 unspecified atom stereocenters. The van der Waals surface area contributed by atoms with Gasteiger partial charge in [0.25, 0.3) is 0 Å². The molecule has 3 aromatic heterocycles. The second kappa shape index (κ2) is 13.5. The Balaban J connectivity index is 0.000000184. The van der Waals surface area contributed by atoms with Crippen LogP contribution in [-0.2, 0) is 26.5 Å². The molecule has 0 fully saturated rings. The van der Waals surface area contributed by atoms with E-state index in [4.69, 9.17) is 4.98 Å². The van der Waals surface area contributed by atoms with Crippen molar-refractivity contribution in [3.8, 4) is 22.5 Å². The van der Waals surface area contributed by atoms with Crippen LogP contribution in [0.15, 0.2) is 91.3 Å². The average molecular weight is 798 g/mol. The Kier molecular flexibility index (Phi) is 10.3. The second-order valence-corrected chi connectivity index (χ2v) is 23.0. The van der Waals surface area contributed by atoms with Crippen molar-refractivity contribution in [2.75, 3.05) is 0 Å². The Bertz CT molecular complexity index is 1740. The fourth-order valence-electron chi connectivity index (χ4n) is 4.89. The maximum Gasteiger partial charge on any atom is 0.139 e. The molecule has 0 atom stereocenters. The number of rotatable bonds is 5. The molecule has 3 heterocycles. The number of fused-ring (bicyclic) bond motifs is 3. The summed E-state index contributed by atoms with van der Waals surface area (Å²) in [6.07, 6.45) is 4.52. The SMILES string of the molecule is CC(C)Cc1cc(-c2[c-]cccc2)nc[c]1[Ge]([CH3])([CH3])[CH3].Fc1ccc(-c2[c-]ccc3c2sc2ccccc23)nc1.[Ir]. The van der Waals surface area contributed by atoms with Crippen LogP contribution in [-0.4, -0.2) is 23.2 Å². The molecule has 0 bridgehead atoms. The van der Waals surface area contributed by atoms with E-state index < -0.39 is 13.3 Å². The molecule has 0 saturated carbocycles. The normalized spacial score (nSPS) is 11.3. The first kappa shape index (κ1) is 31.2. The minimum atomic E-state index is -1.86. The van der Waals surface area contributed by atoms with Gasteiger partial charge >= 0.3 is 126 Å². The van der Waals surface area contributed by atoms with E-state index in [1.807, 2.05) is 36.4 Å². The van der Waals surface area contributed by atoms with Gasteiger partial charge in [0.1, 0.15) is 5.82 Å². The topological polar surface area (TPSA) is 25.8 Å². The molecule has 0 spiro atoms. The number of hydrogen-bond donors (Lipinski definition) is 0. The Labute approximate surface area is 262 Å². The van der Waals surface area contributed by atoms with Crippen LogP contribution in [0, 0.1) is 23.9 Å². The van der Waals surface area contributed by atoms with E-state index in [0.717, 1.165) is 33.6 Å². The van der Waals surface area contributed by atoms with Crippen LogP contribution >= 0.6 is 11.3 Å². The molecule has 0 aliphatic carbocycles. The van der Waals surface area contributed by atoms with E-state index in [-0.39, 0.29) is 25.9 Å². The van der Waals surface area contributed by atoms with Crippen molar-refractivity contribution in [1.82, 2.24) is 9.97 Å². The number of thiophene rings is 1. The fraction of sp³-hybridized carbons (Fsp3) is 0.200. The van der Waals surface area contributed by atoms with Gasteiger partial charge in [0.15, 0.2) is 0 Å². The first-order chi connectivity index (χ1) is 19.2. The second-order valence-electron chi connectivity index (χ2n) is 11.4. The molecule has 0 N–H and O–H groups in total. The molecule has 2 nitrogen and oxygen atoms in total. The summed E-state index contributed by atoms with van der Waals surface area (Å²) in [6, 6.07) is 32.3. The Hall–Kier alpha value is -2.70. The summed E-state index contributed by atoms with van der Waals surface area (Å²) in [5, 5.41) is 2.44. The van der Waals surface area contributed by atoms with Crippen molar-refractivity contribution in [3.63, 3.8) is 0 Å². The van der Waals surface area contributed by atoms with Gasteiger partial charge in [0.2, 0.25) is 0 Å². The largest absolute Gasteiger partial charge is 0.302 e. The van der Waals surface area contributed by atoms with Crippen LogP contribution in [0.1, 0.15) is 19.4 Å². The van der Waals surface area contributed by atoms with Crippen molar-refractivity contribution in [2.45, 2.75) is 37.5 Å². The maximum absolute atomic E-state index is 13.0. The smallest absolute Gasteiger partial charge is 0.139 e. The first-order valence-corrected chi connectivity index (χ1v) is 21.8. The number of aromatic nitrogens is 2. The van der Waals surface area contributed by atoms with Gasteiger partial charge in [-0.1, -0.05) is 29.7 Å². The standard InChI is InChI=1S/C18H24GeN.C17H9FNS.Ir/c1-14(2)11-16-12-18(15-9-7-6-8-10-15)20-13-17(16)19(3,4)5;18-11-8-9-15(19-10-11)14-6-3-5-13-12-4-1-2-7-16(12)20-17(13)14;/h6-9,12-14H,11H2,1-5H3;1-5,7-10H;/q2*-1;. The van der Waals surface area contributed by atoms with Crippen LogP contribution in [0.2, 0.25) is 17.3 Å². The van der Waals surface area contributed by atoms with Crippen molar-refractivity contribution >= 4 is 49.2 Å². The zero-order valence-electron chi connectivity index (χ0n) is 24.0. The number of benzene rings is 3. The molecule has 6 rings (SSSR count). The molecule has 6 heteroatoms. The van der Waals surface area contributed by atoms with Gasteiger partial charge in [-0.25, -0.2) is 4.39 Å². The molecule has 6 aromatic rings. The zero-order valence-corrected chi connectivity index (χ0v) is 29.3. The number of halogens is 1. The molecule has 3 aromatic carbocycles. The van der Waals surface area contributed by atoms with Crippen molar-refractivity contribution < 1.29 is 24.5 Å². The van der Waals surface area contributed by atoms with Gasteiger partial charge in [0.05, 0.1) is 6.20 Å². The van der Waals surface area contributed by atoms with Crippen LogP contribution < -0.4 is 4.40 Å². The Morgan fingerprint density at radius 3 is 2.27 bits per heavy atom. The predicted octanol–water partition coefficient (Wildman–Crippen LogP) is 9.35. The summed E-state index contributed by atoms with van der Waals surface area (Å²) < 4.78 is 16.9. The first-order valence-electron chi connectivity index (χ1n) is 13.6. The summed E-state index contributed by atoms with van der Waals surface area (Å²) in [5.41, 5.74) is 5.32. The predicted molar refractivity (Wildman–Crippen MR) is 171 cm³/mol. The monoisotopic (exact) mass is 799 g/mol. The van der Waals surface area contributed by atoms with Crippen LogP contribution in [0.4, 0.5) is 4.39 Å². The van der Waals surface area contributed by atoms with Crippen LogP contribution in [0.25, 0.3) is 42.7 Å². The molecule has 0 amide bonds. The summed E-state index contributed by atoms with van der Waals surface area (Å²) in [6.45, 7) is 4.57. The quantitative estimate of drug-likeness (QED) is 0.129. The molecular weight excluding hydrogens is 764 g/mol. The summed E-state index contributed by atoms with van der Waals surface area (Å²) in [5.74, 6) is 7.67. The molecule has 211 valence electrons. The molecular formula is C35H33FGeIrN2S-2. The van der Waals surface area contributed by atoms with E-state index in [1.54, 1.807) is 21.8 Å². The van der Waals surface area contributed by atoms with E-state index in [1.165, 1.54) is 33.3 Å². The third-order valence-corrected chi connectivity index (χ3v) is 12.3. The van der Waals surface area contributed by atoms with E-state index in [9.17, 15) is 4.39 Å². The van der Waals surface area contributed by atoms with Gasteiger partial charge in [-0.05, 0) is 27.9 Å². The van der Waals surface area contributed by atoms with Gasteiger partial charge in [-0.2, -0.15) is 11.3 Å². The number of pyridine rings is 2. The van der Waals surface area contributed by atoms with Crippen molar-refractivity contribution in [1.29, 1.82) is 0 Å². The zero-order chi connectivity index (χ0) is 28.3. The Morgan fingerprint density at radius 2 is 1.59 bits per heavy atom. The van der Waals surface area contributed by atoms with Gasteiger partial charge < -0.3 is 4.98 Å². The van der Waals surface area contributed by atoms with Crippen LogP contribution in [0.5, 0.6) is 0 Å². The summed E-state index contributed by atoms with van der Waals surface area (Å²) in [4.78, 5) is 8.87. The minimum Gasteiger partial charge on any atom is -0.302 e. The number of hydrogen-bond acceptors (Lipinski definition) is 3. The van der Waals surface area contributed by atoms with Crippen molar-refractivity contribution in [3.05, 3.63) is 115 Å². The van der Waals surface area contributed by atoms with Gasteiger partial charge in [-0.15, -0.1) is 23.8 Å². The fourth-order valence-corrected chi connectivity index (χ4v) is 9.43. The van der Waals surface area contributed by atoms with E-state index in [0.29, 0.717) is 5.92 Å². The third kappa shape index (κ3) is 7.39. The van der Waals surface area contributed by atoms with E-state index >= 15 is 0 Å². The molecule has 0 saturated heterocycles. The number of nitrogens with zero attached hydrogens (tertiary/aromatic N) is 2. The Morgan fingerprint density at radius 1 is 0.829 bits per heavy atom. The molecule has 0 aliphatic rings. The van der Waals surface area contributed by atoms with Crippen molar-refractivity contribution in [2.24, 2.45) is 5.92 Å². The summed E-state index contributed by atoms with van der Waals surface area (Å²) >= 11 is -0.136. The molecule has 0 aliphatic heterocycles. The molecule has 41 heavy (non-hydrogen) atoms.